The van der Waals surface area contributed by atoms with Crippen molar-refractivity contribution in [1.82, 2.24) is 4.90 Å². The summed E-state index contributed by atoms with van der Waals surface area (Å²) in [5.41, 5.74) is 5.96. The summed E-state index contributed by atoms with van der Waals surface area (Å²) in [6, 6.07) is 12.5. The zero-order valence-electron chi connectivity index (χ0n) is 17.3. The molecule has 0 spiro atoms. The van der Waals surface area contributed by atoms with Crippen LogP contribution in [0.4, 0.5) is 0 Å². The molecule has 2 unspecified atom stereocenters. The van der Waals surface area contributed by atoms with Gasteiger partial charge in [-0.2, -0.15) is 0 Å². The highest BCUT2D eigenvalue weighted by Gasteiger charge is 2.26. The number of likely N-dealkylation sites (tertiary alicyclic amines) is 1. The largest absolute Gasteiger partial charge is 0.497 e. The molecular weight excluding hydrogens is 443 g/mol. The number of methoxy groups -OCH3 is 1. The quantitative estimate of drug-likeness (QED) is 0.554. The van der Waals surface area contributed by atoms with Crippen molar-refractivity contribution in [2.75, 3.05) is 33.4 Å². The Bertz CT molecular complexity index is 850. The van der Waals surface area contributed by atoms with Gasteiger partial charge in [-0.15, -0.1) is 12.4 Å². The highest BCUT2D eigenvalue weighted by Crippen LogP contribution is 2.26. The Morgan fingerprint density at radius 3 is 2.65 bits per heavy atom. The fourth-order valence-corrected chi connectivity index (χ4v) is 3.56. The summed E-state index contributed by atoms with van der Waals surface area (Å²) >= 11 is 5.90. The minimum absolute atomic E-state index is 0. The van der Waals surface area contributed by atoms with Crippen LogP contribution in [0.5, 0.6) is 17.2 Å². The number of nitrogens with two attached hydrogens (primary N) is 1. The second-order valence-corrected chi connectivity index (χ2v) is 7.76. The summed E-state index contributed by atoms with van der Waals surface area (Å²) in [6.07, 6.45) is 0.326. The third kappa shape index (κ3) is 7.78. The lowest BCUT2D eigenvalue weighted by molar-refractivity contribution is -0.117. The van der Waals surface area contributed by atoms with Gasteiger partial charge >= 0.3 is 0 Å². The summed E-state index contributed by atoms with van der Waals surface area (Å²) in [5.74, 6) is 1.43. The molecule has 2 aromatic rings. The van der Waals surface area contributed by atoms with Crippen molar-refractivity contribution in [2.24, 2.45) is 5.73 Å². The highest BCUT2D eigenvalue weighted by molar-refractivity contribution is 6.30. The number of hydrogen-bond acceptors (Lipinski definition) is 6. The second-order valence-electron chi connectivity index (χ2n) is 7.32. The number of primary amides is 1. The van der Waals surface area contributed by atoms with Crippen molar-refractivity contribution < 1.29 is 24.1 Å². The number of nitrogens with zero attached hydrogens (tertiary/aromatic N) is 1. The van der Waals surface area contributed by atoms with Crippen LogP contribution in [0, 0.1) is 0 Å². The van der Waals surface area contributed by atoms with E-state index in [0.29, 0.717) is 28.6 Å². The van der Waals surface area contributed by atoms with Crippen LogP contribution < -0.4 is 19.9 Å². The molecule has 1 saturated heterocycles. The minimum atomic E-state index is -0.688. The summed E-state index contributed by atoms with van der Waals surface area (Å²) < 4.78 is 17.0. The minimum Gasteiger partial charge on any atom is -0.497 e. The lowest BCUT2D eigenvalue weighted by Crippen LogP contribution is -2.35. The monoisotopic (exact) mass is 470 g/mol. The van der Waals surface area contributed by atoms with E-state index in [-0.39, 0.29) is 31.5 Å². The molecule has 1 heterocycles. The molecule has 1 amide bonds. The van der Waals surface area contributed by atoms with Crippen LogP contribution in [0.15, 0.2) is 42.5 Å². The molecule has 7 nitrogen and oxygen atoms in total. The van der Waals surface area contributed by atoms with Crippen molar-refractivity contribution in [1.29, 1.82) is 0 Å². The molecule has 170 valence electrons. The van der Waals surface area contributed by atoms with Gasteiger partial charge in [0, 0.05) is 36.3 Å². The van der Waals surface area contributed by atoms with Crippen LogP contribution in [0.3, 0.4) is 0 Å². The standard InChI is InChI=1S/C22H27ClN2O5.ClH/c1-28-19-5-2-15(10-22(24)27)21(11-19)29-14-17(26)12-25-9-8-20(13-25)30-18-6-3-16(23)4-7-18;/h2-7,11,17,20,26H,8-10,12-14H2,1H3,(H2,24,27);1H. The lowest BCUT2D eigenvalue weighted by atomic mass is 10.1. The van der Waals surface area contributed by atoms with E-state index in [1.165, 1.54) is 0 Å². The van der Waals surface area contributed by atoms with Gasteiger partial charge in [0.1, 0.15) is 36.1 Å². The smallest absolute Gasteiger partial charge is 0.221 e. The van der Waals surface area contributed by atoms with E-state index in [1.807, 2.05) is 12.1 Å². The SMILES string of the molecule is COc1ccc(CC(N)=O)c(OCC(O)CN2CCC(Oc3ccc(Cl)cc3)C2)c1.Cl. The van der Waals surface area contributed by atoms with Crippen LogP contribution in [0.1, 0.15) is 12.0 Å². The molecular formula is C22H28Cl2N2O5. The average Bonchev–Trinajstić information content (AvgIpc) is 3.15. The van der Waals surface area contributed by atoms with Gasteiger partial charge in [0.05, 0.1) is 13.5 Å². The van der Waals surface area contributed by atoms with Gasteiger partial charge in [-0.3, -0.25) is 9.69 Å². The number of ether oxygens (including phenoxy) is 3. The fourth-order valence-electron chi connectivity index (χ4n) is 3.43. The van der Waals surface area contributed by atoms with Gasteiger partial charge < -0.3 is 25.1 Å². The van der Waals surface area contributed by atoms with Crippen molar-refractivity contribution in [2.45, 2.75) is 25.0 Å². The molecule has 1 aliphatic rings. The molecule has 9 heteroatoms. The third-order valence-corrected chi connectivity index (χ3v) is 5.14. The van der Waals surface area contributed by atoms with E-state index >= 15 is 0 Å². The molecule has 0 radical (unpaired) electrons. The van der Waals surface area contributed by atoms with Crippen molar-refractivity contribution in [3.63, 3.8) is 0 Å². The van der Waals surface area contributed by atoms with Gasteiger partial charge in [0.15, 0.2) is 0 Å². The van der Waals surface area contributed by atoms with Crippen LogP contribution in [-0.2, 0) is 11.2 Å². The Balaban J connectivity index is 0.00000341. The predicted octanol–water partition coefficient (Wildman–Crippen LogP) is 2.69. The van der Waals surface area contributed by atoms with Crippen molar-refractivity contribution in [3.05, 3.63) is 53.1 Å². The van der Waals surface area contributed by atoms with Gasteiger partial charge in [-0.05, 0) is 36.8 Å². The first-order chi connectivity index (χ1) is 14.4. The topological polar surface area (TPSA) is 94.2 Å². The molecule has 2 atom stereocenters. The lowest BCUT2D eigenvalue weighted by Gasteiger charge is -2.21. The number of hydrogen-bond donors (Lipinski definition) is 2. The summed E-state index contributed by atoms with van der Waals surface area (Å²) in [5, 5.41) is 11.1. The van der Waals surface area contributed by atoms with E-state index in [2.05, 4.69) is 4.90 Å². The Hall–Kier alpha value is -2.19. The zero-order chi connectivity index (χ0) is 21.5. The number of carbonyl (C=O) groups excluding carboxylic acids is 1. The average molecular weight is 471 g/mol. The van der Waals surface area contributed by atoms with E-state index < -0.39 is 12.0 Å². The summed E-state index contributed by atoms with van der Waals surface area (Å²) in [7, 11) is 1.55. The molecule has 0 bridgehead atoms. The van der Waals surface area contributed by atoms with Crippen molar-refractivity contribution in [3.8, 4) is 17.2 Å². The maximum Gasteiger partial charge on any atom is 0.221 e. The Labute approximate surface area is 193 Å². The van der Waals surface area contributed by atoms with E-state index in [1.54, 1.807) is 37.4 Å². The Morgan fingerprint density at radius 1 is 1.26 bits per heavy atom. The first-order valence-electron chi connectivity index (χ1n) is 9.83. The molecule has 31 heavy (non-hydrogen) atoms. The first-order valence-corrected chi connectivity index (χ1v) is 10.2. The maximum absolute atomic E-state index is 11.3. The number of β-amino-alcohol motifs (C(OH)–C–C–N with tert-alkyl or cyclic N) is 1. The second kappa shape index (κ2) is 12.0. The van der Waals surface area contributed by atoms with Crippen LogP contribution in [0.25, 0.3) is 0 Å². The molecule has 0 aromatic heterocycles. The fraction of sp³-hybridized carbons (Fsp3) is 0.409. The van der Waals surface area contributed by atoms with Gasteiger partial charge in [-0.1, -0.05) is 17.7 Å². The number of carbonyl (C=O) groups is 1. The molecule has 0 aliphatic carbocycles. The molecule has 2 aromatic carbocycles. The summed E-state index contributed by atoms with van der Waals surface area (Å²) in [6.45, 7) is 2.13. The van der Waals surface area contributed by atoms with E-state index in [9.17, 15) is 9.90 Å². The maximum atomic E-state index is 11.3. The number of aliphatic hydroxyl groups is 1. The number of rotatable bonds is 10. The number of benzene rings is 2. The van der Waals surface area contributed by atoms with Crippen LogP contribution in [0.2, 0.25) is 5.02 Å². The van der Waals surface area contributed by atoms with Crippen LogP contribution >= 0.6 is 24.0 Å². The highest BCUT2D eigenvalue weighted by atomic mass is 35.5. The third-order valence-electron chi connectivity index (χ3n) is 4.88. The molecule has 1 fully saturated rings. The molecule has 0 saturated carbocycles. The van der Waals surface area contributed by atoms with E-state index in [0.717, 1.165) is 25.3 Å². The molecule has 3 rings (SSSR count). The van der Waals surface area contributed by atoms with Gasteiger partial charge in [-0.25, -0.2) is 0 Å². The molecule has 3 N–H and O–H groups in total. The Morgan fingerprint density at radius 2 is 1.97 bits per heavy atom. The first kappa shape index (κ1) is 25.1. The van der Waals surface area contributed by atoms with E-state index in [4.69, 9.17) is 31.5 Å². The Kier molecular flexibility index (Phi) is 9.71. The number of aliphatic hydroxyl groups excluding tert-OH is 1. The van der Waals surface area contributed by atoms with Gasteiger partial charge in [0.25, 0.3) is 0 Å². The van der Waals surface area contributed by atoms with Crippen molar-refractivity contribution >= 4 is 29.9 Å². The normalized spacial score (nSPS) is 16.9. The predicted molar refractivity (Wildman–Crippen MR) is 122 cm³/mol. The van der Waals surface area contributed by atoms with Gasteiger partial charge in [0.2, 0.25) is 5.91 Å². The number of halogens is 2. The number of amides is 1. The molecule has 1 aliphatic heterocycles. The zero-order valence-corrected chi connectivity index (χ0v) is 18.9. The summed E-state index contributed by atoms with van der Waals surface area (Å²) in [4.78, 5) is 13.4. The van der Waals surface area contributed by atoms with Crippen LogP contribution in [-0.4, -0.2) is 61.5 Å².